The molecule has 1 fully saturated rings. The lowest BCUT2D eigenvalue weighted by atomic mass is 9.78. The lowest BCUT2D eigenvalue weighted by Crippen LogP contribution is -2.66. The molecule has 0 aliphatic carbocycles. The molecule has 11 heteroatoms. The quantitative estimate of drug-likeness (QED) is 0.717. The Labute approximate surface area is 160 Å². The molecule has 7 nitrogen and oxygen atoms in total. The second-order valence-electron chi connectivity index (χ2n) is 6.27. The van der Waals surface area contributed by atoms with E-state index in [0.29, 0.717) is 5.75 Å². The fraction of sp³-hybridized carbons (Fsp3) is 0.294. The summed E-state index contributed by atoms with van der Waals surface area (Å²) in [5.41, 5.74) is -2.37. The number of Topliss-reactive ketones (excluding diaryl/α,β-unsaturated/α-hetero) is 1. The SMILES string of the molecule is O=C1N[C@H](c2ccc3c(c2)OCO3)[C@@H](C(=O)C(F)(F)F)[C@](O)(c2cccs2)N1. The molecule has 2 aromatic rings. The van der Waals surface area contributed by atoms with Crippen molar-refractivity contribution in [2.45, 2.75) is 17.9 Å². The predicted molar refractivity (Wildman–Crippen MR) is 89.7 cm³/mol. The van der Waals surface area contributed by atoms with Gasteiger partial charge >= 0.3 is 12.2 Å². The van der Waals surface area contributed by atoms with Crippen molar-refractivity contribution in [2.24, 2.45) is 5.92 Å². The molecule has 3 atom stereocenters. The van der Waals surface area contributed by atoms with Crippen LogP contribution in [0.5, 0.6) is 11.5 Å². The molecular formula is C17H13F3N2O5S. The van der Waals surface area contributed by atoms with E-state index in [-0.39, 0.29) is 23.0 Å². The van der Waals surface area contributed by atoms with Gasteiger partial charge in [0.05, 0.1) is 10.9 Å². The molecule has 0 spiro atoms. The number of hydrogen-bond acceptors (Lipinski definition) is 6. The minimum Gasteiger partial charge on any atom is -0.454 e. The molecule has 28 heavy (non-hydrogen) atoms. The summed E-state index contributed by atoms with van der Waals surface area (Å²) in [6.45, 7) is -0.0542. The smallest absolute Gasteiger partial charge is 0.450 e. The van der Waals surface area contributed by atoms with Crippen LogP contribution in [0.1, 0.15) is 16.5 Å². The molecule has 0 bridgehead atoms. The summed E-state index contributed by atoms with van der Waals surface area (Å²) in [5, 5.41) is 17.0. The van der Waals surface area contributed by atoms with Crippen LogP contribution in [0.2, 0.25) is 0 Å². The fourth-order valence-corrected chi connectivity index (χ4v) is 4.18. The summed E-state index contributed by atoms with van der Waals surface area (Å²) in [5.74, 6) is -3.58. The second-order valence-corrected chi connectivity index (χ2v) is 7.22. The number of fused-ring (bicyclic) bond motifs is 1. The number of rotatable bonds is 3. The number of nitrogens with one attached hydrogen (secondary N) is 2. The van der Waals surface area contributed by atoms with Gasteiger partial charge in [0.1, 0.15) is 5.92 Å². The molecule has 3 heterocycles. The van der Waals surface area contributed by atoms with Gasteiger partial charge in [-0.15, -0.1) is 11.3 Å². The summed E-state index contributed by atoms with van der Waals surface area (Å²) >= 11 is 0.923. The highest BCUT2D eigenvalue weighted by Gasteiger charge is 2.59. The number of benzene rings is 1. The van der Waals surface area contributed by atoms with Crippen LogP contribution in [0.25, 0.3) is 0 Å². The molecule has 1 aromatic heterocycles. The van der Waals surface area contributed by atoms with E-state index in [1.165, 1.54) is 35.7 Å². The van der Waals surface area contributed by atoms with Crippen LogP contribution in [0, 0.1) is 5.92 Å². The minimum atomic E-state index is -5.23. The van der Waals surface area contributed by atoms with Gasteiger partial charge in [-0.1, -0.05) is 12.1 Å². The topological polar surface area (TPSA) is 96.9 Å². The minimum absolute atomic E-state index is 0.00990. The zero-order valence-electron chi connectivity index (χ0n) is 13.9. The van der Waals surface area contributed by atoms with E-state index in [9.17, 15) is 27.9 Å². The first kappa shape index (κ1) is 18.6. The lowest BCUT2D eigenvalue weighted by Gasteiger charge is -2.44. The van der Waals surface area contributed by atoms with Gasteiger partial charge in [0.15, 0.2) is 17.2 Å². The average molecular weight is 414 g/mol. The first-order chi connectivity index (χ1) is 13.2. The highest BCUT2D eigenvalue weighted by molar-refractivity contribution is 7.10. The van der Waals surface area contributed by atoms with E-state index in [2.05, 4.69) is 10.6 Å². The second kappa shape index (κ2) is 6.38. The summed E-state index contributed by atoms with van der Waals surface area (Å²) in [4.78, 5) is 24.5. The molecule has 1 aromatic carbocycles. The number of urea groups is 1. The Morgan fingerprint density at radius 2 is 2.00 bits per heavy atom. The van der Waals surface area contributed by atoms with Gasteiger partial charge in [-0.25, -0.2) is 4.79 Å². The van der Waals surface area contributed by atoms with Crippen LogP contribution < -0.4 is 20.1 Å². The maximum Gasteiger partial charge on any atom is 0.450 e. The lowest BCUT2D eigenvalue weighted by molar-refractivity contribution is -0.190. The highest BCUT2D eigenvalue weighted by Crippen LogP contribution is 2.45. The standard InChI is InChI=1S/C17H13F3N2O5S/c18-17(19,20)14(23)12-13(8-3-4-9-10(6-8)27-7-26-9)21-15(24)22-16(12,25)11-2-1-5-28-11/h1-6,12-13,25H,7H2,(H2,21,22,24)/t12-,13+,16+/m0/s1. The zero-order chi connectivity index (χ0) is 20.1. The number of carbonyl (C=O) groups is 2. The van der Waals surface area contributed by atoms with Crippen molar-refractivity contribution >= 4 is 23.2 Å². The van der Waals surface area contributed by atoms with Gasteiger partial charge in [-0.3, -0.25) is 4.79 Å². The van der Waals surface area contributed by atoms with E-state index >= 15 is 0 Å². The Balaban J connectivity index is 1.85. The Kier molecular flexibility index (Phi) is 4.23. The number of amides is 2. The summed E-state index contributed by atoms with van der Waals surface area (Å²) in [6.07, 6.45) is -5.23. The zero-order valence-corrected chi connectivity index (χ0v) is 14.8. The van der Waals surface area contributed by atoms with Gasteiger partial charge in [-0.05, 0) is 29.1 Å². The number of thiophene rings is 1. The number of ether oxygens (including phenoxy) is 2. The van der Waals surface area contributed by atoms with E-state index in [1.807, 2.05) is 0 Å². The van der Waals surface area contributed by atoms with Crippen molar-refractivity contribution in [3.63, 3.8) is 0 Å². The molecule has 148 valence electrons. The Hall–Kier alpha value is -2.79. The molecule has 2 aliphatic heterocycles. The van der Waals surface area contributed by atoms with Gasteiger partial charge in [0.25, 0.3) is 0 Å². The molecule has 4 rings (SSSR count). The van der Waals surface area contributed by atoms with Crippen LogP contribution in [-0.2, 0) is 10.5 Å². The van der Waals surface area contributed by atoms with Crippen molar-refractivity contribution in [3.8, 4) is 11.5 Å². The number of hydrogen-bond donors (Lipinski definition) is 3. The van der Waals surface area contributed by atoms with Gasteiger partial charge in [0.2, 0.25) is 12.6 Å². The Morgan fingerprint density at radius 3 is 2.68 bits per heavy atom. The third kappa shape index (κ3) is 2.96. The van der Waals surface area contributed by atoms with Gasteiger partial charge in [-0.2, -0.15) is 13.2 Å². The average Bonchev–Trinajstić information content (AvgIpc) is 3.31. The molecule has 0 unspecified atom stereocenters. The van der Waals surface area contributed by atoms with Crippen LogP contribution in [-0.4, -0.2) is 29.9 Å². The third-order valence-corrected chi connectivity index (χ3v) is 5.58. The fourth-order valence-electron chi connectivity index (χ4n) is 3.36. The monoisotopic (exact) mass is 414 g/mol. The van der Waals surface area contributed by atoms with E-state index in [0.717, 1.165) is 11.3 Å². The molecule has 3 N–H and O–H groups in total. The number of aliphatic hydroxyl groups is 1. The number of carbonyl (C=O) groups excluding carboxylic acids is 2. The number of ketones is 1. The largest absolute Gasteiger partial charge is 0.454 e. The maximum absolute atomic E-state index is 13.4. The molecule has 0 radical (unpaired) electrons. The van der Waals surface area contributed by atoms with E-state index in [4.69, 9.17) is 9.47 Å². The van der Waals surface area contributed by atoms with Crippen LogP contribution >= 0.6 is 11.3 Å². The molecule has 0 saturated carbocycles. The third-order valence-electron chi connectivity index (χ3n) is 4.59. The predicted octanol–water partition coefficient (Wildman–Crippen LogP) is 2.42. The van der Waals surface area contributed by atoms with Crippen molar-refractivity contribution in [1.29, 1.82) is 0 Å². The molecular weight excluding hydrogens is 401 g/mol. The van der Waals surface area contributed by atoms with Crippen LogP contribution in [0.4, 0.5) is 18.0 Å². The van der Waals surface area contributed by atoms with E-state index in [1.54, 1.807) is 0 Å². The summed E-state index contributed by atoms with van der Waals surface area (Å²) < 4.78 is 50.5. The Morgan fingerprint density at radius 1 is 1.25 bits per heavy atom. The van der Waals surface area contributed by atoms with Crippen LogP contribution in [0.3, 0.4) is 0 Å². The van der Waals surface area contributed by atoms with Gasteiger partial charge < -0.3 is 25.2 Å². The summed E-state index contributed by atoms with van der Waals surface area (Å²) in [7, 11) is 0. The first-order valence-corrected chi connectivity index (χ1v) is 8.94. The first-order valence-electron chi connectivity index (χ1n) is 8.06. The Bertz CT molecular complexity index is 933. The van der Waals surface area contributed by atoms with Crippen molar-refractivity contribution in [3.05, 3.63) is 46.2 Å². The molecule has 2 aliphatic rings. The highest BCUT2D eigenvalue weighted by atomic mass is 32.1. The van der Waals surface area contributed by atoms with Crippen LogP contribution in [0.15, 0.2) is 35.7 Å². The normalized spacial score (nSPS) is 26.5. The van der Waals surface area contributed by atoms with Gasteiger partial charge in [0, 0.05) is 0 Å². The molecule has 1 saturated heterocycles. The summed E-state index contributed by atoms with van der Waals surface area (Å²) in [6, 6.07) is 4.74. The van der Waals surface area contributed by atoms with Crippen molar-refractivity contribution < 1.29 is 37.3 Å². The van der Waals surface area contributed by atoms with E-state index < -0.39 is 35.7 Å². The number of alkyl halides is 3. The molecule has 2 amide bonds. The number of halogens is 3. The maximum atomic E-state index is 13.4. The van der Waals surface area contributed by atoms with Crippen molar-refractivity contribution in [2.75, 3.05) is 6.79 Å². The van der Waals surface area contributed by atoms with Crippen molar-refractivity contribution in [1.82, 2.24) is 10.6 Å².